The second-order valence-electron chi connectivity index (χ2n) is 3.80. The van der Waals surface area contributed by atoms with Gasteiger partial charge in [0.15, 0.2) is 0 Å². The fraction of sp³-hybridized carbons (Fsp3) is 0.700. The number of nitrogens with one attached hydrogen (secondary N) is 1. The largest absolute Gasteiger partial charge is 0.395 e. The van der Waals surface area contributed by atoms with Crippen molar-refractivity contribution in [1.82, 2.24) is 10.3 Å². The summed E-state index contributed by atoms with van der Waals surface area (Å²) in [6.07, 6.45) is 4.51. The quantitative estimate of drug-likeness (QED) is 0.777. The van der Waals surface area contributed by atoms with Gasteiger partial charge in [-0.1, -0.05) is 0 Å². The van der Waals surface area contributed by atoms with Gasteiger partial charge >= 0.3 is 0 Å². The van der Waals surface area contributed by atoms with Gasteiger partial charge < -0.3 is 10.4 Å². The molecular formula is C10H16N2OS. The van der Waals surface area contributed by atoms with Gasteiger partial charge in [-0.05, 0) is 25.7 Å². The molecule has 1 aromatic heterocycles. The summed E-state index contributed by atoms with van der Waals surface area (Å²) in [6, 6.07) is 0.376. The molecule has 1 heterocycles. The summed E-state index contributed by atoms with van der Waals surface area (Å²) in [4.78, 5) is 5.67. The molecule has 0 amide bonds. The highest BCUT2D eigenvalue weighted by molar-refractivity contribution is 7.11. The van der Waals surface area contributed by atoms with Crippen LogP contribution in [0.1, 0.15) is 28.8 Å². The predicted molar refractivity (Wildman–Crippen MR) is 57.4 cm³/mol. The van der Waals surface area contributed by atoms with E-state index < -0.39 is 0 Å². The number of hydrogen-bond donors (Lipinski definition) is 2. The van der Waals surface area contributed by atoms with Crippen molar-refractivity contribution in [2.45, 2.75) is 25.8 Å². The number of aryl methyl sites for hydroxylation is 1. The third-order valence-corrected chi connectivity index (χ3v) is 3.47. The van der Waals surface area contributed by atoms with Crippen molar-refractivity contribution in [3.8, 4) is 0 Å². The van der Waals surface area contributed by atoms with Crippen LogP contribution in [0.4, 0.5) is 0 Å². The van der Waals surface area contributed by atoms with Gasteiger partial charge in [0.05, 0.1) is 12.6 Å². The third kappa shape index (κ3) is 2.32. The standard InChI is InChI=1S/C10H16N2OS/c1-7-6-12-10(14-7)9(8-2-3-8)11-4-5-13/h6,8-9,11,13H,2-5H2,1H3. The highest BCUT2D eigenvalue weighted by Crippen LogP contribution is 2.41. The highest BCUT2D eigenvalue weighted by atomic mass is 32.1. The molecule has 1 saturated carbocycles. The molecule has 14 heavy (non-hydrogen) atoms. The van der Waals surface area contributed by atoms with Crippen LogP contribution in [0, 0.1) is 12.8 Å². The first kappa shape index (κ1) is 10.1. The van der Waals surface area contributed by atoms with Crippen molar-refractivity contribution in [2.75, 3.05) is 13.2 Å². The highest BCUT2D eigenvalue weighted by Gasteiger charge is 2.33. The van der Waals surface area contributed by atoms with Crippen LogP contribution in [0.25, 0.3) is 0 Å². The lowest BCUT2D eigenvalue weighted by atomic mass is 10.2. The molecule has 2 rings (SSSR count). The summed E-state index contributed by atoms with van der Waals surface area (Å²) in [7, 11) is 0. The predicted octanol–water partition coefficient (Wildman–Crippen LogP) is 1.48. The number of aliphatic hydroxyl groups excluding tert-OH is 1. The number of nitrogens with zero attached hydrogens (tertiary/aromatic N) is 1. The van der Waals surface area contributed by atoms with Gasteiger partial charge in [-0.15, -0.1) is 11.3 Å². The Morgan fingerprint density at radius 3 is 3.00 bits per heavy atom. The molecule has 0 aliphatic heterocycles. The van der Waals surface area contributed by atoms with Gasteiger partial charge in [0.2, 0.25) is 0 Å². The van der Waals surface area contributed by atoms with Crippen molar-refractivity contribution in [2.24, 2.45) is 5.92 Å². The summed E-state index contributed by atoms with van der Waals surface area (Å²) in [5.74, 6) is 0.743. The molecule has 0 radical (unpaired) electrons. The van der Waals surface area contributed by atoms with Crippen molar-refractivity contribution in [3.63, 3.8) is 0 Å². The van der Waals surface area contributed by atoms with E-state index >= 15 is 0 Å². The summed E-state index contributed by atoms with van der Waals surface area (Å²) in [5, 5.41) is 13.3. The van der Waals surface area contributed by atoms with Crippen LogP contribution >= 0.6 is 11.3 Å². The topological polar surface area (TPSA) is 45.2 Å². The molecule has 0 bridgehead atoms. The monoisotopic (exact) mass is 212 g/mol. The first-order valence-electron chi connectivity index (χ1n) is 5.08. The van der Waals surface area contributed by atoms with E-state index in [2.05, 4.69) is 17.2 Å². The fourth-order valence-electron chi connectivity index (χ4n) is 1.62. The maximum Gasteiger partial charge on any atom is 0.110 e. The molecule has 0 spiro atoms. The van der Waals surface area contributed by atoms with Crippen LogP contribution in [-0.2, 0) is 0 Å². The van der Waals surface area contributed by atoms with Crippen molar-refractivity contribution < 1.29 is 5.11 Å². The molecule has 0 aromatic carbocycles. The summed E-state index contributed by atoms with van der Waals surface area (Å²) in [6.45, 7) is 2.95. The van der Waals surface area contributed by atoms with Crippen molar-refractivity contribution in [1.29, 1.82) is 0 Å². The van der Waals surface area contributed by atoms with Crippen molar-refractivity contribution >= 4 is 11.3 Å². The lowest BCUT2D eigenvalue weighted by molar-refractivity contribution is 0.280. The zero-order chi connectivity index (χ0) is 9.97. The molecule has 1 unspecified atom stereocenters. The maximum atomic E-state index is 8.79. The first-order valence-corrected chi connectivity index (χ1v) is 5.89. The molecule has 1 aliphatic carbocycles. The van der Waals surface area contributed by atoms with E-state index in [9.17, 15) is 0 Å². The Hall–Kier alpha value is -0.450. The SMILES string of the molecule is Cc1cnc(C(NCCO)C2CC2)s1. The van der Waals surface area contributed by atoms with Crippen LogP contribution < -0.4 is 5.32 Å². The molecule has 1 aliphatic rings. The normalized spacial score (nSPS) is 18.4. The van der Waals surface area contributed by atoms with Gasteiger partial charge in [0.1, 0.15) is 5.01 Å². The van der Waals surface area contributed by atoms with Crippen LogP contribution in [0.15, 0.2) is 6.20 Å². The first-order chi connectivity index (χ1) is 6.81. The average molecular weight is 212 g/mol. The van der Waals surface area contributed by atoms with Crippen LogP contribution in [0.2, 0.25) is 0 Å². The molecule has 78 valence electrons. The molecule has 1 aromatic rings. The second kappa shape index (κ2) is 4.38. The van der Waals surface area contributed by atoms with Crippen LogP contribution in [-0.4, -0.2) is 23.2 Å². The summed E-state index contributed by atoms with van der Waals surface area (Å²) in [5.41, 5.74) is 0. The Bertz CT molecular complexity index is 296. The Balaban J connectivity index is 2.02. The number of aliphatic hydroxyl groups is 1. The van der Waals surface area contributed by atoms with E-state index in [1.807, 2.05) is 6.20 Å². The summed E-state index contributed by atoms with van der Waals surface area (Å²) >= 11 is 1.76. The van der Waals surface area contributed by atoms with E-state index in [0.29, 0.717) is 12.6 Å². The Labute approximate surface area is 88.2 Å². The number of rotatable bonds is 5. The second-order valence-corrected chi connectivity index (χ2v) is 5.07. The molecular weight excluding hydrogens is 196 g/mol. The molecule has 4 heteroatoms. The van der Waals surface area contributed by atoms with Gasteiger partial charge in [0.25, 0.3) is 0 Å². The zero-order valence-electron chi connectivity index (χ0n) is 8.36. The number of thiazole rings is 1. The Morgan fingerprint density at radius 1 is 1.71 bits per heavy atom. The Kier molecular flexibility index (Phi) is 3.15. The van der Waals surface area contributed by atoms with E-state index in [4.69, 9.17) is 5.11 Å². The molecule has 3 nitrogen and oxygen atoms in total. The molecule has 1 atom stereocenters. The Morgan fingerprint density at radius 2 is 2.50 bits per heavy atom. The van der Waals surface area contributed by atoms with Gasteiger partial charge in [-0.3, -0.25) is 0 Å². The van der Waals surface area contributed by atoms with Crippen LogP contribution in [0.3, 0.4) is 0 Å². The summed E-state index contributed by atoms with van der Waals surface area (Å²) < 4.78 is 0. The van der Waals surface area contributed by atoms with Gasteiger partial charge in [-0.25, -0.2) is 4.98 Å². The maximum absolute atomic E-state index is 8.79. The van der Waals surface area contributed by atoms with E-state index in [1.165, 1.54) is 22.7 Å². The fourth-order valence-corrected chi connectivity index (χ4v) is 2.56. The lowest BCUT2D eigenvalue weighted by Gasteiger charge is -2.14. The van der Waals surface area contributed by atoms with E-state index in [1.54, 1.807) is 11.3 Å². The third-order valence-electron chi connectivity index (χ3n) is 2.47. The van der Waals surface area contributed by atoms with E-state index in [-0.39, 0.29) is 6.61 Å². The number of hydrogen-bond acceptors (Lipinski definition) is 4. The molecule has 2 N–H and O–H groups in total. The van der Waals surface area contributed by atoms with E-state index in [0.717, 1.165) is 5.92 Å². The minimum absolute atomic E-state index is 0.202. The smallest absolute Gasteiger partial charge is 0.110 e. The number of aromatic nitrogens is 1. The zero-order valence-corrected chi connectivity index (χ0v) is 9.18. The van der Waals surface area contributed by atoms with Gasteiger partial charge in [-0.2, -0.15) is 0 Å². The lowest BCUT2D eigenvalue weighted by Crippen LogP contribution is -2.25. The van der Waals surface area contributed by atoms with Crippen LogP contribution in [0.5, 0.6) is 0 Å². The van der Waals surface area contributed by atoms with Crippen molar-refractivity contribution in [3.05, 3.63) is 16.1 Å². The average Bonchev–Trinajstić information content (AvgIpc) is 2.91. The molecule has 0 saturated heterocycles. The molecule has 1 fully saturated rings. The van der Waals surface area contributed by atoms with Gasteiger partial charge in [0, 0.05) is 17.6 Å². The minimum Gasteiger partial charge on any atom is -0.395 e. The minimum atomic E-state index is 0.202.